The molecule has 1 saturated heterocycles. The van der Waals surface area contributed by atoms with Crippen LogP contribution in [0.1, 0.15) is 33.2 Å². The van der Waals surface area contributed by atoms with Gasteiger partial charge in [-0.05, 0) is 31.5 Å². The summed E-state index contributed by atoms with van der Waals surface area (Å²) in [6, 6.07) is 5.37. The standard InChI is InChI=1S/C18H22N4O3/c1-3-22-12-15(11-19-22)17(23)20-16-10-14(5-4-13(16)2)18(24)21-6-8-25-9-7-21/h4-5,10-12H,3,6-9H2,1-2H3,(H,20,23). The van der Waals surface area contributed by atoms with E-state index in [1.165, 1.54) is 6.20 Å². The van der Waals surface area contributed by atoms with E-state index in [1.807, 2.05) is 19.9 Å². The van der Waals surface area contributed by atoms with Gasteiger partial charge < -0.3 is 15.0 Å². The monoisotopic (exact) mass is 342 g/mol. The number of hydrogen-bond acceptors (Lipinski definition) is 4. The molecule has 1 aliphatic rings. The van der Waals surface area contributed by atoms with Crippen molar-refractivity contribution >= 4 is 17.5 Å². The number of nitrogens with zero attached hydrogens (tertiary/aromatic N) is 3. The van der Waals surface area contributed by atoms with Crippen LogP contribution < -0.4 is 5.32 Å². The van der Waals surface area contributed by atoms with Crippen LogP contribution in [0.5, 0.6) is 0 Å². The summed E-state index contributed by atoms with van der Waals surface area (Å²) < 4.78 is 6.98. The molecule has 0 radical (unpaired) electrons. The molecule has 0 aliphatic carbocycles. The minimum atomic E-state index is -0.237. The molecule has 25 heavy (non-hydrogen) atoms. The van der Waals surface area contributed by atoms with Crippen LogP contribution in [0.3, 0.4) is 0 Å². The normalized spacial score (nSPS) is 14.4. The second-order valence-corrected chi connectivity index (χ2v) is 5.97. The van der Waals surface area contributed by atoms with E-state index in [4.69, 9.17) is 4.74 Å². The fourth-order valence-corrected chi connectivity index (χ4v) is 2.69. The van der Waals surface area contributed by atoms with Crippen LogP contribution >= 0.6 is 0 Å². The van der Waals surface area contributed by atoms with Crippen molar-refractivity contribution < 1.29 is 14.3 Å². The van der Waals surface area contributed by atoms with Gasteiger partial charge in [-0.2, -0.15) is 5.10 Å². The highest BCUT2D eigenvalue weighted by atomic mass is 16.5. The fraction of sp³-hybridized carbons (Fsp3) is 0.389. The van der Waals surface area contributed by atoms with E-state index in [2.05, 4.69) is 10.4 Å². The summed E-state index contributed by atoms with van der Waals surface area (Å²) in [5, 5.41) is 6.98. The molecule has 2 amide bonds. The molecule has 1 aromatic heterocycles. The molecule has 2 aromatic rings. The Bertz CT molecular complexity index is 778. The smallest absolute Gasteiger partial charge is 0.258 e. The molecule has 1 fully saturated rings. The first kappa shape index (κ1) is 17.2. The average Bonchev–Trinajstić information content (AvgIpc) is 3.13. The molecular weight excluding hydrogens is 320 g/mol. The van der Waals surface area contributed by atoms with Crippen molar-refractivity contribution in [3.8, 4) is 0 Å². The Morgan fingerprint density at radius 1 is 1.24 bits per heavy atom. The molecule has 0 atom stereocenters. The second-order valence-electron chi connectivity index (χ2n) is 5.97. The number of ether oxygens (including phenoxy) is 1. The summed E-state index contributed by atoms with van der Waals surface area (Å²) in [4.78, 5) is 26.8. The van der Waals surface area contributed by atoms with Gasteiger partial charge in [0, 0.05) is 37.1 Å². The van der Waals surface area contributed by atoms with Gasteiger partial charge in [0.15, 0.2) is 0 Å². The summed E-state index contributed by atoms with van der Waals surface area (Å²) in [5.74, 6) is -0.281. The van der Waals surface area contributed by atoms with Crippen molar-refractivity contribution in [2.75, 3.05) is 31.6 Å². The van der Waals surface area contributed by atoms with Gasteiger partial charge in [0.1, 0.15) is 0 Å². The Hall–Kier alpha value is -2.67. The summed E-state index contributed by atoms with van der Waals surface area (Å²) in [5.41, 5.74) is 2.58. The summed E-state index contributed by atoms with van der Waals surface area (Å²) in [6.45, 7) is 6.85. The van der Waals surface area contributed by atoms with E-state index >= 15 is 0 Å². The van der Waals surface area contributed by atoms with Crippen LogP contribution in [0.4, 0.5) is 5.69 Å². The average molecular weight is 342 g/mol. The first-order valence-electron chi connectivity index (χ1n) is 8.40. The summed E-state index contributed by atoms with van der Waals surface area (Å²) in [6.07, 6.45) is 3.24. The molecule has 7 heteroatoms. The fourth-order valence-electron chi connectivity index (χ4n) is 2.69. The van der Waals surface area contributed by atoms with Crippen molar-refractivity contribution in [3.05, 3.63) is 47.3 Å². The lowest BCUT2D eigenvalue weighted by Crippen LogP contribution is -2.40. The quantitative estimate of drug-likeness (QED) is 0.921. The Balaban J connectivity index is 1.76. The van der Waals surface area contributed by atoms with Crippen molar-refractivity contribution in [3.63, 3.8) is 0 Å². The zero-order valence-corrected chi connectivity index (χ0v) is 14.5. The first-order valence-corrected chi connectivity index (χ1v) is 8.40. The number of hydrogen-bond donors (Lipinski definition) is 1. The van der Waals surface area contributed by atoms with Gasteiger partial charge in [0.2, 0.25) is 0 Å². The zero-order chi connectivity index (χ0) is 17.8. The molecule has 0 spiro atoms. The van der Waals surface area contributed by atoms with Crippen molar-refractivity contribution in [1.82, 2.24) is 14.7 Å². The highest BCUT2D eigenvalue weighted by Gasteiger charge is 2.19. The van der Waals surface area contributed by atoms with E-state index in [0.29, 0.717) is 49.7 Å². The number of morpholine rings is 1. The maximum atomic E-state index is 12.6. The molecule has 3 rings (SSSR count). The van der Waals surface area contributed by atoms with Crippen LogP contribution in [0, 0.1) is 6.92 Å². The van der Waals surface area contributed by atoms with Gasteiger partial charge in [-0.15, -0.1) is 0 Å². The molecule has 0 unspecified atom stereocenters. The number of amides is 2. The minimum absolute atomic E-state index is 0.0439. The van der Waals surface area contributed by atoms with Crippen LogP contribution in [0.2, 0.25) is 0 Å². The number of anilines is 1. The van der Waals surface area contributed by atoms with Crippen LogP contribution in [0.15, 0.2) is 30.6 Å². The number of aryl methyl sites for hydroxylation is 2. The van der Waals surface area contributed by atoms with E-state index in [0.717, 1.165) is 5.56 Å². The summed E-state index contributed by atoms with van der Waals surface area (Å²) >= 11 is 0. The lowest BCUT2D eigenvalue weighted by molar-refractivity contribution is 0.0303. The zero-order valence-electron chi connectivity index (χ0n) is 14.5. The largest absolute Gasteiger partial charge is 0.378 e. The van der Waals surface area contributed by atoms with Crippen LogP contribution in [-0.4, -0.2) is 52.8 Å². The van der Waals surface area contributed by atoms with E-state index in [9.17, 15) is 9.59 Å². The molecular formula is C18H22N4O3. The molecule has 1 aliphatic heterocycles. The third-order valence-electron chi connectivity index (χ3n) is 4.25. The predicted molar refractivity (Wildman–Crippen MR) is 93.8 cm³/mol. The van der Waals surface area contributed by atoms with Crippen LogP contribution in [0.25, 0.3) is 0 Å². The van der Waals surface area contributed by atoms with Crippen molar-refractivity contribution in [1.29, 1.82) is 0 Å². The van der Waals surface area contributed by atoms with E-state index < -0.39 is 0 Å². The second kappa shape index (κ2) is 7.48. The number of carbonyl (C=O) groups excluding carboxylic acids is 2. The van der Waals surface area contributed by atoms with Crippen LogP contribution in [-0.2, 0) is 11.3 Å². The minimum Gasteiger partial charge on any atom is -0.378 e. The van der Waals surface area contributed by atoms with Gasteiger partial charge in [0.25, 0.3) is 11.8 Å². The predicted octanol–water partition coefficient (Wildman–Crippen LogP) is 1.94. The first-order chi connectivity index (χ1) is 12.1. The molecule has 0 saturated carbocycles. The van der Waals surface area contributed by atoms with E-state index in [-0.39, 0.29) is 11.8 Å². The number of aromatic nitrogens is 2. The number of carbonyl (C=O) groups is 2. The topological polar surface area (TPSA) is 76.5 Å². The Labute approximate surface area is 146 Å². The van der Waals surface area contributed by atoms with Crippen molar-refractivity contribution in [2.24, 2.45) is 0 Å². The maximum Gasteiger partial charge on any atom is 0.258 e. The molecule has 0 bridgehead atoms. The van der Waals surface area contributed by atoms with Gasteiger partial charge in [-0.25, -0.2) is 0 Å². The molecule has 7 nitrogen and oxygen atoms in total. The number of nitrogens with one attached hydrogen (secondary N) is 1. The summed E-state index contributed by atoms with van der Waals surface area (Å²) in [7, 11) is 0. The highest BCUT2D eigenvalue weighted by Crippen LogP contribution is 2.19. The number of benzene rings is 1. The Morgan fingerprint density at radius 2 is 2.00 bits per heavy atom. The maximum absolute atomic E-state index is 12.6. The highest BCUT2D eigenvalue weighted by molar-refractivity contribution is 6.05. The van der Waals surface area contributed by atoms with Gasteiger partial charge in [0.05, 0.1) is 25.0 Å². The Morgan fingerprint density at radius 3 is 2.68 bits per heavy atom. The molecule has 1 N–H and O–H groups in total. The lowest BCUT2D eigenvalue weighted by atomic mass is 10.1. The van der Waals surface area contributed by atoms with Gasteiger partial charge in [-0.1, -0.05) is 6.07 Å². The SMILES string of the molecule is CCn1cc(C(=O)Nc2cc(C(=O)N3CCOCC3)ccc2C)cn1. The molecule has 1 aromatic carbocycles. The lowest BCUT2D eigenvalue weighted by Gasteiger charge is -2.27. The molecule has 2 heterocycles. The number of rotatable bonds is 4. The third-order valence-corrected chi connectivity index (χ3v) is 4.25. The van der Waals surface area contributed by atoms with Gasteiger partial charge >= 0.3 is 0 Å². The third kappa shape index (κ3) is 3.88. The van der Waals surface area contributed by atoms with Gasteiger partial charge in [-0.3, -0.25) is 14.3 Å². The van der Waals surface area contributed by atoms with Crippen molar-refractivity contribution in [2.45, 2.75) is 20.4 Å². The Kier molecular flexibility index (Phi) is 5.14. The molecule has 132 valence electrons. The van der Waals surface area contributed by atoms with E-state index in [1.54, 1.807) is 27.9 Å².